The number of ketones is 1. The second kappa shape index (κ2) is 5.53. The molecule has 0 aliphatic carbocycles. The van der Waals surface area contributed by atoms with Gasteiger partial charge >= 0.3 is 0 Å². The van der Waals surface area contributed by atoms with E-state index in [1.165, 1.54) is 0 Å². The maximum atomic E-state index is 12.0. The molecule has 0 fully saturated rings. The zero-order chi connectivity index (χ0) is 13.9. The molecule has 0 radical (unpaired) electrons. The molecule has 4 heteroatoms. The maximum Gasteiger partial charge on any atom is 0.234 e. The van der Waals surface area contributed by atoms with E-state index in [4.69, 9.17) is 11.6 Å². The molecule has 0 saturated carbocycles. The molecule has 0 aromatic heterocycles. The Bertz CT molecular complexity index is 463. The molecule has 1 aromatic carbocycles. The summed E-state index contributed by atoms with van der Waals surface area (Å²) in [4.78, 5) is 23.9. The molecule has 0 aliphatic rings. The molecule has 1 aromatic rings. The third-order valence-corrected chi connectivity index (χ3v) is 2.99. The first-order chi connectivity index (χ1) is 8.23. The van der Waals surface area contributed by atoms with Crippen LogP contribution in [0.2, 0.25) is 5.02 Å². The molecule has 98 valence electrons. The van der Waals surface area contributed by atoms with Gasteiger partial charge in [0.05, 0.1) is 16.6 Å². The topological polar surface area (TPSA) is 46.2 Å². The van der Waals surface area contributed by atoms with Crippen LogP contribution in [0.5, 0.6) is 0 Å². The lowest BCUT2D eigenvalue weighted by atomic mass is 9.83. The van der Waals surface area contributed by atoms with E-state index >= 15 is 0 Å². The van der Waals surface area contributed by atoms with Crippen LogP contribution < -0.4 is 5.32 Å². The van der Waals surface area contributed by atoms with E-state index < -0.39 is 11.3 Å². The number of carbonyl (C=O) groups excluding carboxylic acids is 2. The van der Waals surface area contributed by atoms with E-state index in [1.807, 2.05) is 0 Å². The van der Waals surface area contributed by atoms with E-state index in [2.05, 4.69) is 5.32 Å². The fraction of sp³-hybridized carbons (Fsp3) is 0.429. The van der Waals surface area contributed by atoms with Crippen molar-refractivity contribution >= 4 is 29.0 Å². The zero-order valence-corrected chi connectivity index (χ0v) is 11.8. The molecule has 0 spiro atoms. The van der Waals surface area contributed by atoms with Crippen LogP contribution in [0.25, 0.3) is 0 Å². The maximum absolute atomic E-state index is 12.0. The average Bonchev–Trinajstić information content (AvgIpc) is 2.29. The number of amides is 1. The van der Waals surface area contributed by atoms with Crippen molar-refractivity contribution in [2.45, 2.75) is 27.7 Å². The van der Waals surface area contributed by atoms with Gasteiger partial charge in [0.2, 0.25) is 5.91 Å². The lowest BCUT2D eigenvalue weighted by Crippen LogP contribution is -2.34. The summed E-state index contributed by atoms with van der Waals surface area (Å²) in [5.74, 6) is -1.11. The molecule has 18 heavy (non-hydrogen) atoms. The Morgan fingerprint density at radius 1 is 1.22 bits per heavy atom. The molecule has 1 N–H and O–H groups in total. The van der Waals surface area contributed by atoms with Gasteiger partial charge in [-0.05, 0) is 19.1 Å². The van der Waals surface area contributed by atoms with E-state index in [1.54, 1.807) is 52.0 Å². The van der Waals surface area contributed by atoms with E-state index in [0.717, 1.165) is 0 Å². The second-order valence-electron chi connectivity index (χ2n) is 5.31. The van der Waals surface area contributed by atoms with Crippen LogP contribution in [0.4, 0.5) is 5.69 Å². The summed E-state index contributed by atoms with van der Waals surface area (Å²) in [6.45, 7) is 7.01. The summed E-state index contributed by atoms with van der Waals surface area (Å²) in [5.41, 5.74) is -0.00484. The first kappa shape index (κ1) is 14.7. The van der Waals surface area contributed by atoms with Crippen molar-refractivity contribution < 1.29 is 9.59 Å². The van der Waals surface area contributed by atoms with Gasteiger partial charge in [0.25, 0.3) is 0 Å². The van der Waals surface area contributed by atoms with Crippen LogP contribution in [0.3, 0.4) is 0 Å². The molecule has 0 bridgehead atoms. The molecule has 1 unspecified atom stereocenters. The van der Waals surface area contributed by atoms with Gasteiger partial charge in [-0.1, -0.05) is 44.5 Å². The standard InChI is InChI=1S/C14H18ClNO2/c1-9(12(17)14(2,3)4)13(18)16-11-8-6-5-7-10(11)15/h5-9H,1-4H3,(H,16,18). The van der Waals surface area contributed by atoms with Gasteiger partial charge in [-0.2, -0.15) is 0 Å². The van der Waals surface area contributed by atoms with Gasteiger partial charge in [-0.25, -0.2) is 0 Å². The SMILES string of the molecule is CC(C(=O)Nc1ccccc1Cl)C(=O)C(C)(C)C. The van der Waals surface area contributed by atoms with Gasteiger partial charge in [-0.15, -0.1) is 0 Å². The Hall–Kier alpha value is -1.35. The Kier molecular flexibility index (Phi) is 4.52. The third-order valence-electron chi connectivity index (χ3n) is 2.66. The first-order valence-electron chi connectivity index (χ1n) is 5.83. The van der Waals surface area contributed by atoms with Crippen molar-refractivity contribution in [2.24, 2.45) is 11.3 Å². The summed E-state index contributed by atoms with van der Waals surface area (Å²) in [5, 5.41) is 3.13. The normalized spacial score (nSPS) is 12.9. The number of hydrogen-bond donors (Lipinski definition) is 1. The van der Waals surface area contributed by atoms with Crippen molar-refractivity contribution in [3.05, 3.63) is 29.3 Å². The number of benzene rings is 1. The summed E-state index contributed by atoms with van der Waals surface area (Å²) in [7, 11) is 0. The molecule has 1 rings (SSSR count). The number of Topliss-reactive ketones (excluding diaryl/α,β-unsaturated/α-hetero) is 1. The van der Waals surface area contributed by atoms with Crippen LogP contribution in [-0.4, -0.2) is 11.7 Å². The van der Waals surface area contributed by atoms with Gasteiger partial charge in [0, 0.05) is 5.41 Å². The molecule has 0 heterocycles. The number of nitrogens with one attached hydrogen (secondary N) is 1. The number of rotatable bonds is 3. The smallest absolute Gasteiger partial charge is 0.234 e. The molecule has 0 aliphatic heterocycles. The third kappa shape index (κ3) is 3.57. The summed E-state index contributed by atoms with van der Waals surface area (Å²) in [6, 6.07) is 6.95. The van der Waals surface area contributed by atoms with Crippen LogP contribution in [0.1, 0.15) is 27.7 Å². The second-order valence-corrected chi connectivity index (χ2v) is 5.71. The zero-order valence-electron chi connectivity index (χ0n) is 11.1. The van der Waals surface area contributed by atoms with E-state index in [-0.39, 0.29) is 11.7 Å². The Morgan fingerprint density at radius 2 is 1.78 bits per heavy atom. The summed E-state index contributed by atoms with van der Waals surface area (Å²) in [6.07, 6.45) is 0. The molecule has 1 atom stereocenters. The minimum Gasteiger partial charge on any atom is -0.324 e. The Morgan fingerprint density at radius 3 is 2.28 bits per heavy atom. The van der Waals surface area contributed by atoms with Crippen molar-refractivity contribution in [1.82, 2.24) is 0 Å². The first-order valence-corrected chi connectivity index (χ1v) is 6.21. The number of anilines is 1. The average molecular weight is 268 g/mol. The lowest BCUT2D eigenvalue weighted by Gasteiger charge is -2.21. The van der Waals surface area contributed by atoms with Crippen molar-refractivity contribution in [3.63, 3.8) is 0 Å². The molecule has 0 saturated heterocycles. The highest BCUT2D eigenvalue weighted by molar-refractivity contribution is 6.33. The van der Waals surface area contributed by atoms with Gasteiger partial charge < -0.3 is 5.32 Å². The van der Waals surface area contributed by atoms with E-state index in [0.29, 0.717) is 10.7 Å². The van der Waals surface area contributed by atoms with Crippen LogP contribution >= 0.6 is 11.6 Å². The minimum atomic E-state index is -0.693. The fourth-order valence-corrected chi connectivity index (χ4v) is 1.76. The van der Waals surface area contributed by atoms with E-state index in [9.17, 15) is 9.59 Å². The monoisotopic (exact) mass is 267 g/mol. The molecular formula is C14H18ClNO2. The number of para-hydroxylation sites is 1. The highest BCUT2D eigenvalue weighted by Crippen LogP contribution is 2.24. The van der Waals surface area contributed by atoms with Crippen molar-refractivity contribution in [3.8, 4) is 0 Å². The quantitative estimate of drug-likeness (QED) is 0.852. The fourth-order valence-electron chi connectivity index (χ4n) is 1.57. The predicted molar refractivity (Wildman–Crippen MR) is 73.7 cm³/mol. The van der Waals surface area contributed by atoms with Gasteiger partial charge in [-0.3, -0.25) is 9.59 Å². The van der Waals surface area contributed by atoms with Crippen molar-refractivity contribution in [2.75, 3.05) is 5.32 Å². The molecule has 1 amide bonds. The minimum absolute atomic E-state index is 0.0907. The van der Waals surface area contributed by atoms with Crippen molar-refractivity contribution in [1.29, 1.82) is 0 Å². The summed E-state index contributed by atoms with van der Waals surface area (Å²) >= 11 is 5.94. The largest absolute Gasteiger partial charge is 0.324 e. The Labute approximate surface area is 113 Å². The predicted octanol–water partition coefficient (Wildman–Crippen LogP) is 3.53. The highest BCUT2D eigenvalue weighted by Gasteiger charge is 2.31. The van der Waals surface area contributed by atoms with Crippen LogP contribution in [0.15, 0.2) is 24.3 Å². The number of carbonyl (C=O) groups is 2. The molecule has 3 nitrogen and oxygen atoms in total. The van der Waals surface area contributed by atoms with Crippen LogP contribution in [-0.2, 0) is 9.59 Å². The summed E-state index contributed by atoms with van der Waals surface area (Å²) < 4.78 is 0. The highest BCUT2D eigenvalue weighted by atomic mass is 35.5. The van der Waals surface area contributed by atoms with Gasteiger partial charge in [0.1, 0.15) is 5.78 Å². The number of hydrogen-bond acceptors (Lipinski definition) is 2. The Balaban J connectivity index is 2.78. The lowest BCUT2D eigenvalue weighted by molar-refractivity contribution is -0.135. The van der Waals surface area contributed by atoms with Crippen LogP contribution in [0, 0.1) is 11.3 Å². The molecular weight excluding hydrogens is 250 g/mol. The number of halogens is 1. The van der Waals surface area contributed by atoms with Gasteiger partial charge in [0.15, 0.2) is 0 Å².